The molecule has 1 aliphatic heterocycles. The minimum Gasteiger partial charge on any atom is -0.372 e. The van der Waals surface area contributed by atoms with E-state index in [2.05, 4.69) is 18.0 Å². The molecule has 1 fully saturated rings. The van der Waals surface area contributed by atoms with Crippen LogP contribution in [-0.2, 0) is 4.74 Å². The number of fused-ring (bicyclic) bond motifs is 1. The van der Waals surface area contributed by atoms with Gasteiger partial charge in [-0.05, 0) is 49.9 Å². The summed E-state index contributed by atoms with van der Waals surface area (Å²) in [5.41, 5.74) is 3.48. The summed E-state index contributed by atoms with van der Waals surface area (Å²) in [6.45, 7) is 2.93. The Morgan fingerprint density at radius 3 is 3.00 bits per heavy atom. The van der Waals surface area contributed by atoms with Crippen LogP contribution >= 0.6 is 11.6 Å². The monoisotopic (exact) mass is 249 g/mol. The van der Waals surface area contributed by atoms with Crippen LogP contribution in [-0.4, -0.2) is 11.6 Å². The van der Waals surface area contributed by atoms with E-state index in [4.69, 9.17) is 16.3 Å². The van der Waals surface area contributed by atoms with E-state index >= 15 is 0 Å². The summed E-state index contributed by atoms with van der Waals surface area (Å²) in [6.07, 6.45) is 3.77. The van der Waals surface area contributed by atoms with Gasteiger partial charge in [0.05, 0.1) is 6.10 Å². The lowest BCUT2D eigenvalue weighted by Crippen LogP contribution is -2.11. The standard InChI is InChI=1S/C14H16ClNO/c1-9-10-8-13(14-4-2-3-7-17-14)16-12(10)6-5-11(9)15/h5-6,8,14,16H,2-4,7H2,1H3. The van der Waals surface area contributed by atoms with Crippen LogP contribution in [0.3, 0.4) is 0 Å². The Morgan fingerprint density at radius 1 is 1.35 bits per heavy atom. The molecule has 1 atom stereocenters. The number of hydrogen-bond acceptors (Lipinski definition) is 1. The smallest absolute Gasteiger partial charge is 0.0972 e. The second-order valence-corrected chi connectivity index (χ2v) is 5.12. The van der Waals surface area contributed by atoms with Crippen molar-refractivity contribution in [3.8, 4) is 0 Å². The zero-order chi connectivity index (χ0) is 11.8. The van der Waals surface area contributed by atoms with Crippen LogP contribution in [0.25, 0.3) is 10.9 Å². The van der Waals surface area contributed by atoms with Crippen LogP contribution in [0, 0.1) is 6.92 Å². The van der Waals surface area contributed by atoms with Crippen molar-refractivity contribution in [3.05, 3.63) is 34.5 Å². The Bertz CT molecular complexity index is 540. The molecule has 1 N–H and O–H groups in total. The number of aryl methyl sites for hydroxylation is 1. The van der Waals surface area contributed by atoms with Crippen LogP contribution in [0.2, 0.25) is 5.02 Å². The summed E-state index contributed by atoms with van der Waals surface area (Å²) in [6, 6.07) is 6.17. The van der Waals surface area contributed by atoms with Crippen LogP contribution in [0.5, 0.6) is 0 Å². The van der Waals surface area contributed by atoms with Gasteiger partial charge in [0.2, 0.25) is 0 Å². The van der Waals surface area contributed by atoms with Crippen molar-refractivity contribution in [2.45, 2.75) is 32.3 Å². The molecule has 1 aromatic carbocycles. The third kappa shape index (κ3) is 1.96. The van der Waals surface area contributed by atoms with Crippen molar-refractivity contribution in [3.63, 3.8) is 0 Å². The number of rotatable bonds is 1. The summed E-state index contributed by atoms with van der Waals surface area (Å²) in [5.74, 6) is 0. The number of benzene rings is 1. The lowest BCUT2D eigenvalue weighted by Gasteiger charge is -2.21. The zero-order valence-electron chi connectivity index (χ0n) is 9.92. The quantitative estimate of drug-likeness (QED) is 0.798. The Labute approximate surface area is 106 Å². The van der Waals surface area contributed by atoms with E-state index in [-0.39, 0.29) is 6.10 Å². The van der Waals surface area contributed by atoms with E-state index in [1.807, 2.05) is 12.1 Å². The molecule has 0 bridgehead atoms. The highest BCUT2D eigenvalue weighted by Crippen LogP contribution is 2.32. The lowest BCUT2D eigenvalue weighted by molar-refractivity contribution is 0.0127. The second kappa shape index (κ2) is 4.35. The minimum absolute atomic E-state index is 0.231. The van der Waals surface area contributed by atoms with Crippen molar-refractivity contribution in [2.75, 3.05) is 6.61 Å². The van der Waals surface area contributed by atoms with Crippen LogP contribution in [0.15, 0.2) is 18.2 Å². The lowest BCUT2D eigenvalue weighted by atomic mass is 10.1. The van der Waals surface area contributed by atoms with E-state index in [0.29, 0.717) is 0 Å². The zero-order valence-corrected chi connectivity index (χ0v) is 10.7. The molecule has 1 saturated heterocycles. The number of aromatic nitrogens is 1. The van der Waals surface area contributed by atoms with Gasteiger partial charge in [0.25, 0.3) is 0 Å². The Kier molecular flexibility index (Phi) is 2.85. The molecule has 2 heterocycles. The summed E-state index contributed by atoms with van der Waals surface area (Å²) in [7, 11) is 0. The van der Waals surface area contributed by atoms with Gasteiger partial charge in [-0.1, -0.05) is 11.6 Å². The van der Waals surface area contributed by atoms with Crippen LogP contribution in [0.1, 0.15) is 36.6 Å². The number of nitrogens with one attached hydrogen (secondary N) is 1. The number of aromatic amines is 1. The molecule has 1 aromatic heterocycles. The largest absolute Gasteiger partial charge is 0.372 e. The van der Waals surface area contributed by atoms with Crippen molar-refractivity contribution >= 4 is 22.5 Å². The highest BCUT2D eigenvalue weighted by atomic mass is 35.5. The fourth-order valence-electron chi connectivity index (χ4n) is 2.50. The predicted octanol–water partition coefficient (Wildman–Crippen LogP) is 4.37. The minimum atomic E-state index is 0.231. The normalized spacial score (nSPS) is 20.9. The van der Waals surface area contributed by atoms with Crippen molar-refractivity contribution in [1.82, 2.24) is 4.98 Å². The van der Waals surface area contributed by atoms with Gasteiger partial charge >= 0.3 is 0 Å². The first-order valence-corrected chi connectivity index (χ1v) is 6.53. The number of hydrogen-bond donors (Lipinski definition) is 1. The average Bonchev–Trinajstić information content (AvgIpc) is 2.80. The first-order chi connectivity index (χ1) is 8.25. The van der Waals surface area contributed by atoms with Gasteiger partial charge < -0.3 is 9.72 Å². The van der Waals surface area contributed by atoms with Gasteiger partial charge in [-0.2, -0.15) is 0 Å². The summed E-state index contributed by atoms with van der Waals surface area (Å²) < 4.78 is 5.80. The first-order valence-electron chi connectivity index (χ1n) is 6.15. The molecule has 2 nitrogen and oxygen atoms in total. The summed E-state index contributed by atoms with van der Waals surface area (Å²) >= 11 is 6.14. The number of ether oxygens (including phenoxy) is 1. The number of halogens is 1. The van der Waals surface area contributed by atoms with Crippen molar-refractivity contribution in [2.24, 2.45) is 0 Å². The average molecular weight is 250 g/mol. The Morgan fingerprint density at radius 2 is 2.24 bits per heavy atom. The summed E-state index contributed by atoms with van der Waals surface area (Å²) in [5, 5.41) is 2.04. The van der Waals surface area contributed by atoms with Gasteiger partial charge in [-0.15, -0.1) is 0 Å². The molecule has 2 aromatic rings. The highest BCUT2D eigenvalue weighted by molar-refractivity contribution is 6.32. The Balaban J connectivity index is 2.04. The maximum Gasteiger partial charge on any atom is 0.0972 e. The fraction of sp³-hybridized carbons (Fsp3) is 0.429. The van der Waals surface area contributed by atoms with E-state index in [1.165, 1.54) is 23.9 Å². The topological polar surface area (TPSA) is 25.0 Å². The maximum atomic E-state index is 6.14. The molecule has 3 heteroatoms. The summed E-state index contributed by atoms with van der Waals surface area (Å²) in [4.78, 5) is 3.45. The molecule has 1 unspecified atom stereocenters. The molecule has 1 aliphatic rings. The van der Waals surface area contributed by atoms with Crippen molar-refractivity contribution in [1.29, 1.82) is 0 Å². The molecular weight excluding hydrogens is 234 g/mol. The SMILES string of the molecule is Cc1c(Cl)ccc2[nH]c(C3CCCCO3)cc12. The van der Waals surface area contributed by atoms with Gasteiger partial charge in [-0.25, -0.2) is 0 Å². The van der Waals surface area contributed by atoms with E-state index in [0.717, 1.165) is 29.1 Å². The molecule has 0 saturated carbocycles. The first kappa shape index (κ1) is 11.1. The molecule has 90 valence electrons. The number of H-pyrrole nitrogens is 1. The van der Waals surface area contributed by atoms with E-state index in [1.54, 1.807) is 0 Å². The molecule has 17 heavy (non-hydrogen) atoms. The van der Waals surface area contributed by atoms with Crippen LogP contribution < -0.4 is 0 Å². The van der Waals surface area contributed by atoms with Gasteiger partial charge in [0.1, 0.15) is 0 Å². The van der Waals surface area contributed by atoms with Crippen LogP contribution in [0.4, 0.5) is 0 Å². The van der Waals surface area contributed by atoms with E-state index in [9.17, 15) is 0 Å². The molecule has 3 rings (SSSR count). The third-order valence-corrected chi connectivity index (χ3v) is 3.96. The molecule has 0 radical (unpaired) electrons. The predicted molar refractivity (Wildman–Crippen MR) is 70.6 cm³/mol. The Hall–Kier alpha value is -0.990. The van der Waals surface area contributed by atoms with Gasteiger partial charge in [0.15, 0.2) is 0 Å². The fourth-order valence-corrected chi connectivity index (χ4v) is 2.67. The molecular formula is C14H16ClNO. The molecule has 0 amide bonds. The molecule has 0 spiro atoms. The van der Waals surface area contributed by atoms with E-state index < -0.39 is 0 Å². The van der Waals surface area contributed by atoms with Gasteiger partial charge in [0, 0.05) is 28.2 Å². The maximum absolute atomic E-state index is 6.14. The highest BCUT2D eigenvalue weighted by Gasteiger charge is 2.18. The third-order valence-electron chi connectivity index (χ3n) is 3.55. The van der Waals surface area contributed by atoms with Gasteiger partial charge in [-0.3, -0.25) is 0 Å². The molecule has 0 aliphatic carbocycles. The van der Waals surface area contributed by atoms with Crippen molar-refractivity contribution < 1.29 is 4.74 Å². The second-order valence-electron chi connectivity index (χ2n) is 4.71.